The Bertz CT molecular complexity index is 555. The van der Waals surface area contributed by atoms with Gasteiger partial charge in [0, 0.05) is 5.95 Å². The van der Waals surface area contributed by atoms with Crippen LogP contribution in [0.5, 0.6) is 0 Å². The molecule has 2 rings (SSSR count). The first-order valence-corrected chi connectivity index (χ1v) is 5.92. The van der Waals surface area contributed by atoms with Gasteiger partial charge in [-0.05, 0) is 24.5 Å². The Kier molecular flexibility index (Phi) is 2.82. The van der Waals surface area contributed by atoms with Gasteiger partial charge in [0.15, 0.2) is 0 Å². The van der Waals surface area contributed by atoms with Gasteiger partial charge in [-0.25, -0.2) is 8.42 Å². The summed E-state index contributed by atoms with van der Waals surface area (Å²) in [4.78, 5) is 7.59. The zero-order valence-electron chi connectivity index (χ0n) is 8.19. The van der Waals surface area contributed by atoms with Gasteiger partial charge in [-0.2, -0.15) is 0 Å². The number of hydrogen-bond acceptors (Lipinski definition) is 4. The van der Waals surface area contributed by atoms with Crippen molar-refractivity contribution in [3.8, 4) is 0 Å². The van der Waals surface area contributed by atoms with Gasteiger partial charge in [-0.3, -0.25) is 4.72 Å². The molecule has 0 aliphatic carbocycles. The quantitative estimate of drug-likeness (QED) is 0.812. The highest BCUT2D eigenvalue weighted by Crippen LogP contribution is 2.22. The Morgan fingerprint density at radius 2 is 1.56 bits per heavy atom. The van der Waals surface area contributed by atoms with Gasteiger partial charge in [0.1, 0.15) is 0 Å². The minimum atomic E-state index is -3.71. The molecule has 0 saturated heterocycles. The van der Waals surface area contributed by atoms with Crippen molar-refractivity contribution in [2.75, 3.05) is 0 Å². The van der Waals surface area contributed by atoms with E-state index in [2.05, 4.69) is 14.7 Å². The third-order valence-corrected chi connectivity index (χ3v) is 3.07. The molecule has 1 aromatic heterocycles. The van der Waals surface area contributed by atoms with Gasteiger partial charge in [-0.1, -0.05) is 24.3 Å². The first-order chi connectivity index (χ1) is 7.68. The zero-order valence-corrected chi connectivity index (χ0v) is 9.00. The smallest absolute Gasteiger partial charge is 0.229 e. The fourth-order valence-electron chi connectivity index (χ4n) is 1.09. The second-order valence-corrected chi connectivity index (χ2v) is 4.53. The largest absolute Gasteiger partial charge is 0.366 e. The summed E-state index contributed by atoms with van der Waals surface area (Å²) >= 11 is 0. The SMILES string of the molecule is O=S(=O)([N-]c1ncccn1)c1ccccc1. The zero-order chi connectivity index (χ0) is 11.4. The molecule has 6 heteroatoms. The average Bonchev–Trinajstić information content (AvgIpc) is 2.31. The highest BCUT2D eigenvalue weighted by molar-refractivity contribution is 7.94. The van der Waals surface area contributed by atoms with E-state index in [0.29, 0.717) is 0 Å². The molecule has 0 unspecified atom stereocenters. The summed E-state index contributed by atoms with van der Waals surface area (Å²) < 4.78 is 27.0. The van der Waals surface area contributed by atoms with E-state index in [9.17, 15) is 8.42 Å². The predicted molar refractivity (Wildman–Crippen MR) is 58.7 cm³/mol. The van der Waals surface area contributed by atoms with Crippen LogP contribution in [0, 0.1) is 0 Å². The van der Waals surface area contributed by atoms with Crippen LogP contribution in [-0.2, 0) is 10.0 Å². The van der Waals surface area contributed by atoms with Crippen LogP contribution in [0.1, 0.15) is 0 Å². The molecule has 1 heterocycles. The van der Waals surface area contributed by atoms with E-state index in [0.717, 1.165) is 0 Å². The van der Waals surface area contributed by atoms with Crippen molar-refractivity contribution in [3.05, 3.63) is 53.5 Å². The monoisotopic (exact) mass is 234 g/mol. The maximum absolute atomic E-state index is 11.8. The molecule has 0 radical (unpaired) electrons. The van der Waals surface area contributed by atoms with E-state index >= 15 is 0 Å². The van der Waals surface area contributed by atoms with Crippen molar-refractivity contribution >= 4 is 16.0 Å². The van der Waals surface area contributed by atoms with Crippen molar-refractivity contribution < 1.29 is 8.42 Å². The van der Waals surface area contributed by atoms with E-state index in [-0.39, 0.29) is 10.8 Å². The lowest BCUT2D eigenvalue weighted by Crippen LogP contribution is -1.98. The van der Waals surface area contributed by atoms with Crippen molar-refractivity contribution in [1.29, 1.82) is 0 Å². The summed E-state index contributed by atoms with van der Waals surface area (Å²) in [5.74, 6) is -0.0636. The molecule has 16 heavy (non-hydrogen) atoms. The molecule has 0 atom stereocenters. The van der Waals surface area contributed by atoms with Crippen LogP contribution in [0.25, 0.3) is 4.72 Å². The van der Waals surface area contributed by atoms with Crippen LogP contribution in [0.15, 0.2) is 53.7 Å². The standard InChI is InChI=1S/C10H8N3O2S/c14-16(15,9-5-2-1-3-6-9)13-10-11-7-4-8-12-10/h1-8H/q-1. The molecule has 2 aromatic rings. The Hall–Kier alpha value is -1.95. The van der Waals surface area contributed by atoms with E-state index < -0.39 is 10.0 Å². The molecule has 5 nitrogen and oxygen atoms in total. The van der Waals surface area contributed by atoms with Crippen LogP contribution >= 0.6 is 0 Å². The number of sulfonamides is 1. The molecule has 0 N–H and O–H groups in total. The van der Waals surface area contributed by atoms with E-state index in [1.54, 1.807) is 24.3 Å². The minimum Gasteiger partial charge on any atom is -0.366 e. The first kappa shape index (κ1) is 10.6. The van der Waals surface area contributed by atoms with Crippen LogP contribution in [-0.4, -0.2) is 18.4 Å². The van der Waals surface area contributed by atoms with Crippen LogP contribution < -0.4 is 0 Å². The van der Waals surface area contributed by atoms with Crippen LogP contribution in [0.2, 0.25) is 0 Å². The molecular formula is C10H8N3O2S-. The summed E-state index contributed by atoms with van der Waals surface area (Å²) in [5.41, 5.74) is 0. The van der Waals surface area contributed by atoms with Crippen LogP contribution in [0.4, 0.5) is 5.95 Å². The van der Waals surface area contributed by atoms with Gasteiger partial charge < -0.3 is 9.97 Å². The fraction of sp³-hybridized carbons (Fsp3) is 0. The minimum absolute atomic E-state index is 0.0636. The highest BCUT2D eigenvalue weighted by atomic mass is 32.2. The molecular weight excluding hydrogens is 226 g/mol. The van der Waals surface area contributed by atoms with Crippen molar-refractivity contribution in [1.82, 2.24) is 9.97 Å². The highest BCUT2D eigenvalue weighted by Gasteiger charge is 2.09. The lowest BCUT2D eigenvalue weighted by Gasteiger charge is -2.11. The van der Waals surface area contributed by atoms with Gasteiger partial charge >= 0.3 is 0 Å². The Balaban J connectivity index is 2.29. The predicted octanol–water partition coefficient (Wildman–Crippen LogP) is 1.87. The van der Waals surface area contributed by atoms with Gasteiger partial charge in [0.2, 0.25) is 10.0 Å². The van der Waals surface area contributed by atoms with Crippen molar-refractivity contribution in [3.63, 3.8) is 0 Å². The van der Waals surface area contributed by atoms with E-state index in [4.69, 9.17) is 0 Å². The molecule has 0 aliphatic rings. The van der Waals surface area contributed by atoms with Crippen molar-refractivity contribution in [2.45, 2.75) is 4.90 Å². The number of benzene rings is 1. The second kappa shape index (κ2) is 4.28. The number of hydrogen-bond donors (Lipinski definition) is 0. The summed E-state index contributed by atoms with van der Waals surface area (Å²) in [6, 6.07) is 9.54. The first-order valence-electron chi connectivity index (χ1n) is 4.48. The normalized spacial score (nSPS) is 11.0. The molecule has 0 saturated carbocycles. The third-order valence-electron chi connectivity index (χ3n) is 1.80. The maximum Gasteiger partial charge on any atom is 0.229 e. The lowest BCUT2D eigenvalue weighted by molar-refractivity contribution is 0.603. The van der Waals surface area contributed by atoms with E-state index in [1.807, 2.05) is 0 Å². The van der Waals surface area contributed by atoms with Crippen molar-refractivity contribution in [2.24, 2.45) is 0 Å². The topological polar surface area (TPSA) is 74.0 Å². The third kappa shape index (κ3) is 2.34. The number of rotatable bonds is 3. The summed E-state index contributed by atoms with van der Waals surface area (Å²) in [6.07, 6.45) is 2.87. The Morgan fingerprint density at radius 3 is 2.19 bits per heavy atom. The second-order valence-electron chi connectivity index (χ2n) is 2.93. The average molecular weight is 234 g/mol. The number of nitrogens with zero attached hydrogens (tertiary/aromatic N) is 3. The van der Waals surface area contributed by atoms with Gasteiger partial charge in [0.05, 0.1) is 4.90 Å². The fourth-order valence-corrected chi connectivity index (χ4v) is 2.01. The number of aromatic nitrogens is 2. The molecule has 0 aliphatic heterocycles. The lowest BCUT2D eigenvalue weighted by atomic mass is 10.4. The van der Waals surface area contributed by atoms with Gasteiger partial charge in [0.25, 0.3) is 0 Å². The molecule has 1 aromatic carbocycles. The summed E-state index contributed by atoms with van der Waals surface area (Å²) in [6.45, 7) is 0. The van der Waals surface area contributed by atoms with Crippen LogP contribution in [0.3, 0.4) is 0 Å². The Morgan fingerprint density at radius 1 is 0.938 bits per heavy atom. The molecule has 0 amide bonds. The maximum atomic E-state index is 11.8. The molecule has 0 fully saturated rings. The molecule has 82 valence electrons. The summed E-state index contributed by atoms with van der Waals surface area (Å²) in [7, 11) is -3.71. The van der Waals surface area contributed by atoms with E-state index in [1.165, 1.54) is 24.5 Å². The summed E-state index contributed by atoms with van der Waals surface area (Å²) in [5, 5.41) is 0. The Labute approximate surface area is 93.2 Å². The molecule has 0 bridgehead atoms. The molecule has 0 spiro atoms. The van der Waals surface area contributed by atoms with Gasteiger partial charge in [-0.15, -0.1) is 0 Å².